The van der Waals surface area contributed by atoms with E-state index in [2.05, 4.69) is 32.4 Å². The van der Waals surface area contributed by atoms with Crippen LogP contribution in [0.1, 0.15) is 26.7 Å². The van der Waals surface area contributed by atoms with Gasteiger partial charge in [0.2, 0.25) is 0 Å². The summed E-state index contributed by atoms with van der Waals surface area (Å²) in [7, 11) is 2.08. The Balaban J connectivity index is 2.67. The summed E-state index contributed by atoms with van der Waals surface area (Å²) in [5.74, 6) is 0. The molecule has 0 aromatic rings. The minimum Gasteiger partial charge on any atom is -0.376 e. The first-order valence-electron chi connectivity index (χ1n) is 4.58. The fourth-order valence-electron chi connectivity index (χ4n) is 1.46. The van der Waals surface area contributed by atoms with E-state index in [1.165, 1.54) is 6.42 Å². The Morgan fingerprint density at radius 1 is 1.42 bits per heavy atom. The van der Waals surface area contributed by atoms with Gasteiger partial charge in [0.25, 0.3) is 0 Å². The summed E-state index contributed by atoms with van der Waals surface area (Å²) in [5, 5.41) is 0. The summed E-state index contributed by atoms with van der Waals surface area (Å²) in [4.78, 5) is 2.19. The topological polar surface area (TPSA) is 12.5 Å². The number of hydrogen-bond donors (Lipinski definition) is 0. The number of likely N-dealkylation sites (N-methyl/N-ethyl adjacent to an activating group) is 1. The highest BCUT2D eigenvalue weighted by Crippen LogP contribution is 2.24. The van der Waals surface area contributed by atoms with Gasteiger partial charge in [-0.15, -0.1) is 0 Å². The predicted molar refractivity (Wildman–Crippen MR) is 51.0 cm³/mol. The highest BCUT2D eigenvalue weighted by atomic mass is 16.5. The second-order valence-electron chi connectivity index (χ2n) is 3.93. The number of hydrogen-bond acceptors (Lipinski definition) is 2. The van der Waals surface area contributed by atoms with Crippen molar-refractivity contribution in [3.05, 3.63) is 12.3 Å². The Labute approximate surface area is 75.2 Å². The summed E-state index contributed by atoms with van der Waals surface area (Å²) in [5.41, 5.74) is 0.900. The molecule has 0 aliphatic carbocycles. The van der Waals surface area contributed by atoms with Crippen LogP contribution in [0.2, 0.25) is 0 Å². The Bertz CT molecular complexity index is 175. The highest BCUT2D eigenvalue weighted by molar-refractivity contribution is 5.08. The minimum absolute atomic E-state index is 0.185. The fraction of sp³-hybridized carbons (Fsp3) is 0.800. The third-order valence-corrected chi connectivity index (χ3v) is 2.51. The molecule has 1 aliphatic rings. The van der Waals surface area contributed by atoms with Crippen LogP contribution in [0.5, 0.6) is 0 Å². The van der Waals surface area contributed by atoms with Gasteiger partial charge in [-0.25, -0.2) is 0 Å². The van der Waals surface area contributed by atoms with E-state index in [1.807, 2.05) is 0 Å². The van der Waals surface area contributed by atoms with Gasteiger partial charge in [0.05, 0.1) is 0 Å². The van der Waals surface area contributed by atoms with Gasteiger partial charge in [0, 0.05) is 25.9 Å². The second-order valence-corrected chi connectivity index (χ2v) is 3.93. The van der Waals surface area contributed by atoms with Crippen molar-refractivity contribution in [2.24, 2.45) is 0 Å². The van der Waals surface area contributed by atoms with E-state index in [-0.39, 0.29) is 5.60 Å². The Morgan fingerprint density at radius 2 is 2.08 bits per heavy atom. The molecule has 1 rings (SSSR count). The van der Waals surface area contributed by atoms with Gasteiger partial charge in [-0.05, 0) is 26.7 Å². The van der Waals surface area contributed by atoms with Crippen LogP contribution in [0.15, 0.2) is 12.3 Å². The molecule has 0 bridgehead atoms. The van der Waals surface area contributed by atoms with Crippen molar-refractivity contribution in [1.29, 1.82) is 0 Å². The molecule has 1 fully saturated rings. The summed E-state index contributed by atoms with van der Waals surface area (Å²) in [6.45, 7) is 10.2. The quantitative estimate of drug-likeness (QED) is 0.550. The summed E-state index contributed by atoms with van der Waals surface area (Å²) >= 11 is 0. The molecular formula is C10H19NO. The van der Waals surface area contributed by atoms with Crippen LogP contribution in [0, 0.1) is 0 Å². The molecular weight excluding hydrogens is 150 g/mol. The predicted octanol–water partition coefficient (Wildman–Crippen LogP) is 2.02. The minimum atomic E-state index is -0.185. The average Bonchev–Trinajstić information content (AvgIpc) is 2.00. The van der Waals surface area contributed by atoms with Crippen LogP contribution in [-0.2, 0) is 4.74 Å². The lowest BCUT2D eigenvalue weighted by Gasteiger charge is -2.36. The zero-order valence-corrected chi connectivity index (χ0v) is 8.39. The lowest BCUT2D eigenvalue weighted by atomic mass is 10.0. The Hall–Kier alpha value is -0.500. The maximum absolute atomic E-state index is 5.71. The molecule has 0 spiro atoms. The summed E-state index contributed by atoms with van der Waals surface area (Å²) < 4.78 is 5.71. The normalized spacial score (nSPS) is 24.9. The molecule has 2 nitrogen and oxygen atoms in total. The van der Waals surface area contributed by atoms with Gasteiger partial charge < -0.3 is 9.64 Å². The molecule has 1 heterocycles. The van der Waals surface area contributed by atoms with E-state index in [0.717, 1.165) is 25.3 Å². The summed E-state index contributed by atoms with van der Waals surface area (Å²) in [6, 6.07) is 0. The van der Waals surface area contributed by atoms with Crippen molar-refractivity contribution >= 4 is 0 Å². The van der Waals surface area contributed by atoms with Gasteiger partial charge in [0.15, 0.2) is 0 Å². The van der Waals surface area contributed by atoms with Crippen LogP contribution in [0.25, 0.3) is 0 Å². The van der Waals surface area contributed by atoms with Gasteiger partial charge in [-0.3, -0.25) is 0 Å². The Morgan fingerprint density at radius 3 is 2.75 bits per heavy atom. The molecule has 0 aromatic carbocycles. The number of rotatable bonds is 0. The molecule has 0 N–H and O–H groups in total. The van der Waals surface area contributed by atoms with Crippen LogP contribution in [0.3, 0.4) is 0 Å². The van der Waals surface area contributed by atoms with Gasteiger partial charge in [-0.2, -0.15) is 0 Å². The third kappa shape index (κ3) is 2.01. The monoisotopic (exact) mass is 169 g/mol. The zero-order valence-electron chi connectivity index (χ0n) is 8.39. The first-order valence-corrected chi connectivity index (χ1v) is 4.58. The molecule has 0 saturated carbocycles. The van der Waals surface area contributed by atoms with E-state index in [0.29, 0.717) is 0 Å². The molecule has 0 aromatic heterocycles. The van der Waals surface area contributed by atoms with Gasteiger partial charge >= 0.3 is 0 Å². The largest absolute Gasteiger partial charge is 0.376 e. The first-order chi connectivity index (χ1) is 5.54. The molecule has 12 heavy (non-hydrogen) atoms. The van der Waals surface area contributed by atoms with E-state index < -0.39 is 0 Å². The molecule has 0 amide bonds. The second kappa shape index (κ2) is 3.48. The van der Waals surface area contributed by atoms with E-state index >= 15 is 0 Å². The summed E-state index contributed by atoms with van der Waals surface area (Å²) in [6.07, 6.45) is 2.35. The lowest BCUT2D eigenvalue weighted by molar-refractivity contribution is -0.0172. The highest BCUT2D eigenvalue weighted by Gasteiger charge is 2.26. The first kappa shape index (κ1) is 9.59. The maximum atomic E-state index is 5.71. The van der Waals surface area contributed by atoms with Crippen molar-refractivity contribution in [1.82, 2.24) is 4.90 Å². The van der Waals surface area contributed by atoms with Crippen molar-refractivity contribution < 1.29 is 4.74 Å². The van der Waals surface area contributed by atoms with Crippen molar-refractivity contribution in [2.75, 3.05) is 20.2 Å². The van der Waals surface area contributed by atoms with Crippen molar-refractivity contribution in [3.63, 3.8) is 0 Å². The SMILES string of the molecule is C=C1N(C)CCCCOC1(C)C. The number of ether oxygens (including phenoxy) is 1. The molecule has 1 aliphatic heterocycles. The molecule has 0 radical (unpaired) electrons. The standard InChI is InChI=1S/C10H19NO/c1-9-10(2,3)12-8-6-5-7-11(9)4/h1,5-8H2,2-4H3. The van der Waals surface area contributed by atoms with Crippen LogP contribution < -0.4 is 0 Å². The molecule has 1 saturated heterocycles. The van der Waals surface area contributed by atoms with Crippen molar-refractivity contribution in [3.8, 4) is 0 Å². The lowest BCUT2D eigenvalue weighted by Crippen LogP contribution is -2.38. The van der Waals surface area contributed by atoms with E-state index in [1.54, 1.807) is 0 Å². The van der Waals surface area contributed by atoms with E-state index in [4.69, 9.17) is 4.74 Å². The molecule has 70 valence electrons. The third-order valence-electron chi connectivity index (χ3n) is 2.51. The Kier molecular flexibility index (Phi) is 2.78. The van der Waals surface area contributed by atoms with Gasteiger partial charge in [-0.1, -0.05) is 6.58 Å². The smallest absolute Gasteiger partial charge is 0.101 e. The van der Waals surface area contributed by atoms with Crippen LogP contribution >= 0.6 is 0 Å². The average molecular weight is 169 g/mol. The zero-order chi connectivity index (χ0) is 9.19. The van der Waals surface area contributed by atoms with E-state index in [9.17, 15) is 0 Å². The molecule has 2 heteroatoms. The maximum Gasteiger partial charge on any atom is 0.101 e. The van der Waals surface area contributed by atoms with Crippen LogP contribution in [-0.4, -0.2) is 30.7 Å². The number of nitrogens with zero attached hydrogens (tertiary/aromatic N) is 1. The van der Waals surface area contributed by atoms with Crippen molar-refractivity contribution in [2.45, 2.75) is 32.3 Å². The fourth-order valence-corrected chi connectivity index (χ4v) is 1.46. The van der Waals surface area contributed by atoms with Gasteiger partial charge in [0.1, 0.15) is 5.60 Å². The molecule has 0 atom stereocenters. The van der Waals surface area contributed by atoms with Crippen LogP contribution in [0.4, 0.5) is 0 Å². The molecule has 0 unspecified atom stereocenters.